The second kappa shape index (κ2) is 6.80. The SMILES string of the molecule is CCc1nn(-c2ccc(CCN)cc2)c(C)c1-c1ccccc1. The van der Waals surface area contributed by atoms with Crippen LogP contribution in [0, 0.1) is 6.92 Å². The third-order valence-corrected chi connectivity index (χ3v) is 4.20. The van der Waals surface area contributed by atoms with E-state index in [1.165, 1.54) is 22.4 Å². The predicted octanol–water partition coefficient (Wildman–Crippen LogP) is 3.91. The molecular formula is C20H23N3. The Morgan fingerprint density at radius 1 is 1.00 bits per heavy atom. The molecule has 0 saturated carbocycles. The molecule has 0 aliphatic carbocycles. The van der Waals surface area contributed by atoms with E-state index >= 15 is 0 Å². The minimum absolute atomic E-state index is 0.679. The number of rotatable bonds is 5. The normalized spacial score (nSPS) is 10.9. The third-order valence-electron chi connectivity index (χ3n) is 4.20. The van der Waals surface area contributed by atoms with Crippen molar-refractivity contribution >= 4 is 0 Å². The van der Waals surface area contributed by atoms with E-state index < -0.39 is 0 Å². The van der Waals surface area contributed by atoms with E-state index in [0.717, 1.165) is 24.2 Å². The smallest absolute Gasteiger partial charge is 0.0707 e. The lowest BCUT2D eigenvalue weighted by Gasteiger charge is -2.07. The zero-order valence-corrected chi connectivity index (χ0v) is 13.8. The number of nitrogens with two attached hydrogens (primary N) is 1. The summed E-state index contributed by atoms with van der Waals surface area (Å²) in [5, 5.41) is 4.84. The first kappa shape index (κ1) is 15.5. The van der Waals surface area contributed by atoms with Gasteiger partial charge in [0.05, 0.1) is 11.4 Å². The Bertz CT molecular complexity index is 771. The maximum Gasteiger partial charge on any atom is 0.0707 e. The molecule has 1 heterocycles. The summed E-state index contributed by atoms with van der Waals surface area (Å²) >= 11 is 0. The number of aryl methyl sites for hydroxylation is 1. The highest BCUT2D eigenvalue weighted by Gasteiger charge is 2.15. The van der Waals surface area contributed by atoms with E-state index in [4.69, 9.17) is 10.8 Å². The van der Waals surface area contributed by atoms with Crippen molar-refractivity contribution < 1.29 is 0 Å². The van der Waals surface area contributed by atoms with Gasteiger partial charge in [0, 0.05) is 11.3 Å². The molecular weight excluding hydrogens is 282 g/mol. The van der Waals surface area contributed by atoms with Crippen LogP contribution >= 0.6 is 0 Å². The lowest BCUT2D eigenvalue weighted by atomic mass is 10.0. The van der Waals surface area contributed by atoms with Crippen LogP contribution in [0.2, 0.25) is 0 Å². The summed E-state index contributed by atoms with van der Waals surface area (Å²) in [6.45, 7) is 4.98. The van der Waals surface area contributed by atoms with Gasteiger partial charge in [0.2, 0.25) is 0 Å². The van der Waals surface area contributed by atoms with Gasteiger partial charge in [-0.1, -0.05) is 49.4 Å². The van der Waals surface area contributed by atoms with Crippen LogP contribution in [0.25, 0.3) is 16.8 Å². The first-order chi connectivity index (χ1) is 11.2. The topological polar surface area (TPSA) is 43.8 Å². The van der Waals surface area contributed by atoms with Crippen LogP contribution in [-0.2, 0) is 12.8 Å². The second-order valence-electron chi connectivity index (χ2n) is 5.74. The molecule has 0 fully saturated rings. The van der Waals surface area contributed by atoms with Gasteiger partial charge in [0.25, 0.3) is 0 Å². The molecule has 2 N–H and O–H groups in total. The molecule has 0 radical (unpaired) electrons. The van der Waals surface area contributed by atoms with Crippen LogP contribution in [0.15, 0.2) is 54.6 Å². The molecule has 3 rings (SSSR count). The lowest BCUT2D eigenvalue weighted by Crippen LogP contribution is -2.03. The number of nitrogens with zero attached hydrogens (tertiary/aromatic N) is 2. The van der Waals surface area contributed by atoms with Gasteiger partial charge in [-0.25, -0.2) is 4.68 Å². The maximum absolute atomic E-state index is 5.62. The highest BCUT2D eigenvalue weighted by Crippen LogP contribution is 2.29. The van der Waals surface area contributed by atoms with Crippen molar-refractivity contribution in [2.45, 2.75) is 26.7 Å². The summed E-state index contributed by atoms with van der Waals surface area (Å²) < 4.78 is 2.05. The Kier molecular flexibility index (Phi) is 4.58. The molecule has 3 heteroatoms. The van der Waals surface area contributed by atoms with Gasteiger partial charge >= 0.3 is 0 Å². The monoisotopic (exact) mass is 305 g/mol. The zero-order chi connectivity index (χ0) is 16.2. The Hall–Kier alpha value is -2.39. The molecule has 3 aromatic rings. The number of benzene rings is 2. The van der Waals surface area contributed by atoms with Crippen molar-refractivity contribution in [2.75, 3.05) is 6.54 Å². The Morgan fingerprint density at radius 2 is 1.70 bits per heavy atom. The molecule has 0 aliphatic rings. The number of aromatic nitrogens is 2. The fourth-order valence-electron chi connectivity index (χ4n) is 3.01. The molecule has 0 bridgehead atoms. The summed E-state index contributed by atoms with van der Waals surface area (Å²) in [7, 11) is 0. The van der Waals surface area contributed by atoms with Crippen molar-refractivity contribution in [1.82, 2.24) is 9.78 Å². The molecule has 0 atom stereocenters. The second-order valence-corrected chi connectivity index (χ2v) is 5.74. The first-order valence-corrected chi connectivity index (χ1v) is 8.18. The first-order valence-electron chi connectivity index (χ1n) is 8.18. The van der Waals surface area contributed by atoms with Gasteiger partial charge in [-0.3, -0.25) is 0 Å². The van der Waals surface area contributed by atoms with Crippen molar-refractivity contribution in [3.63, 3.8) is 0 Å². The standard InChI is InChI=1S/C20H23N3/c1-3-19-20(17-7-5-4-6-8-17)15(2)23(22-19)18-11-9-16(10-12-18)13-14-21/h4-12H,3,13-14,21H2,1-2H3. The van der Waals surface area contributed by atoms with E-state index in [2.05, 4.69) is 62.4 Å². The highest BCUT2D eigenvalue weighted by atomic mass is 15.3. The predicted molar refractivity (Wildman–Crippen MR) is 95.9 cm³/mol. The lowest BCUT2D eigenvalue weighted by molar-refractivity contribution is 0.817. The number of hydrogen-bond donors (Lipinski definition) is 1. The van der Waals surface area contributed by atoms with Crippen LogP contribution in [0.1, 0.15) is 23.9 Å². The van der Waals surface area contributed by atoms with E-state index in [9.17, 15) is 0 Å². The molecule has 23 heavy (non-hydrogen) atoms. The minimum Gasteiger partial charge on any atom is -0.330 e. The van der Waals surface area contributed by atoms with Crippen molar-refractivity contribution in [1.29, 1.82) is 0 Å². The quantitative estimate of drug-likeness (QED) is 0.776. The highest BCUT2D eigenvalue weighted by molar-refractivity contribution is 5.69. The van der Waals surface area contributed by atoms with Gasteiger partial charge in [-0.15, -0.1) is 0 Å². The molecule has 0 amide bonds. The Labute approximate surface area is 137 Å². The van der Waals surface area contributed by atoms with Crippen LogP contribution in [0.5, 0.6) is 0 Å². The molecule has 0 spiro atoms. The third kappa shape index (κ3) is 3.06. The molecule has 118 valence electrons. The summed E-state index contributed by atoms with van der Waals surface area (Å²) in [6, 6.07) is 19.0. The largest absolute Gasteiger partial charge is 0.330 e. The summed E-state index contributed by atoms with van der Waals surface area (Å²) in [5.74, 6) is 0. The summed E-state index contributed by atoms with van der Waals surface area (Å²) in [4.78, 5) is 0. The van der Waals surface area contributed by atoms with Crippen LogP contribution in [-0.4, -0.2) is 16.3 Å². The fourth-order valence-corrected chi connectivity index (χ4v) is 3.01. The average molecular weight is 305 g/mol. The van der Waals surface area contributed by atoms with E-state index in [-0.39, 0.29) is 0 Å². The zero-order valence-electron chi connectivity index (χ0n) is 13.8. The Morgan fingerprint density at radius 3 is 2.30 bits per heavy atom. The molecule has 1 aromatic heterocycles. The maximum atomic E-state index is 5.62. The van der Waals surface area contributed by atoms with E-state index in [1.807, 2.05) is 10.7 Å². The van der Waals surface area contributed by atoms with Gasteiger partial charge in [0.1, 0.15) is 0 Å². The molecule has 2 aromatic carbocycles. The Balaban J connectivity index is 2.05. The van der Waals surface area contributed by atoms with Crippen molar-refractivity contribution in [3.8, 4) is 16.8 Å². The molecule has 0 saturated heterocycles. The van der Waals surface area contributed by atoms with Crippen LogP contribution in [0.3, 0.4) is 0 Å². The van der Waals surface area contributed by atoms with E-state index in [0.29, 0.717) is 6.54 Å². The molecule has 0 unspecified atom stereocenters. The summed E-state index contributed by atoms with van der Waals surface area (Å²) in [6.07, 6.45) is 1.83. The number of hydrogen-bond acceptors (Lipinski definition) is 2. The van der Waals surface area contributed by atoms with Gasteiger partial charge in [0.15, 0.2) is 0 Å². The molecule has 0 aliphatic heterocycles. The minimum atomic E-state index is 0.679. The average Bonchev–Trinajstić information content (AvgIpc) is 2.93. The van der Waals surface area contributed by atoms with Crippen LogP contribution < -0.4 is 5.73 Å². The van der Waals surface area contributed by atoms with E-state index in [1.54, 1.807) is 0 Å². The molecule has 3 nitrogen and oxygen atoms in total. The van der Waals surface area contributed by atoms with Gasteiger partial charge in [-0.2, -0.15) is 5.10 Å². The van der Waals surface area contributed by atoms with Gasteiger partial charge in [-0.05, 0) is 49.6 Å². The van der Waals surface area contributed by atoms with Gasteiger partial charge < -0.3 is 5.73 Å². The van der Waals surface area contributed by atoms with Crippen LogP contribution in [0.4, 0.5) is 0 Å². The van der Waals surface area contributed by atoms with Crippen molar-refractivity contribution in [2.24, 2.45) is 5.73 Å². The fraction of sp³-hybridized carbons (Fsp3) is 0.250. The summed E-state index contributed by atoms with van der Waals surface area (Å²) in [5.41, 5.74) is 12.8. The van der Waals surface area contributed by atoms with Crippen molar-refractivity contribution in [3.05, 3.63) is 71.5 Å².